The number of carbonyl (C=O) groups is 1. The van der Waals surface area contributed by atoms with Crippen LogP contribution in [0.15, 0.2) is 29.3 Å². The van der Waals surface area contributed by atoms with Gasteiger partial charge in [0, 0.05) is 12.1 Å². The molecule has 1 N–H and O–H groups in total. The number of likely N-dealkylation sites (N-methyl/N-ethyl adjacent to an activating group) is 1. The predicted octanol–water partition coefficient (Wildman–Crippen LogP) is 2.43. The van der Waals surface area contributed by atoms with Crippen LogP contribution in [0.5, 0.6) is 0 Å². The Labute approximate surface area is 117 Å². The molecule has 1 unspecified atom stereocenters. The third-order valence-electron chi connectivity index (χ3n) is 2.94. The van der Waals surface area contributed by atoms with E-state index in [1.54, 1.807) is 6.92 Å². The molecule has 0 saturated heterocycles. The van der Waals surface area contributed by atoms with Crippen molar-refractivity contribution in [1.82, 2.24) is 10.2 Å². The highest BCUT2D eigenvalue weighted by Crippen LogP contribution is 2.26. The van der Waals surface area contributed by atoms with Crippen molar-refractivity contribution in [3.8, 4) is 0 Å². The van der Waals surface area contributed by atoms with Crippen molar-refractivity contribution >= 4 is 23.7 Å². The van der Waals surface area contributed by atoms with Gasteiger partial charge >= 0.3 is 6.09 Å². The number of amides is 1. The predicted molar refractivity (Wildman–Crippen MR) is 74.4 cm³/mol. The van der Waals surface area contributed by atoms with Gasteiger partial charge in [0.2, 0.25) is 5.96 Å². The highest BCUT2D eigenvalue weighted by Gasteiger charge is 2.27. The van der Waals surface area contributed by atoms with Gasteiger partial charge in [-0.1, -0.05) is 23.7 Å². The summed E-state index contributed by atoms with van der Waals surface area (Å²) in [5.74, 6) is 0.517. The Bertz CT molecular complexity index is 504. The third-order valence-corrected chi connectivity index (χ3v) is 3.17. The summed E-state index contributed by atoms with van der Waals surface area (Å²) < 4.78 is 4.83. The standard InChI is InChI=1S/C13H16ClN3O2/c1-3-19-13(18)16-12-15-8-11(17(12)2)9-5-4-6-10(14)7-9/h4-7,11H,3,8H2,1-2H3,(H,15,16,18). The first-order valence-electron chi connectivity index (χ1n) is 6.08. The van der Waals surface area contributed by atoms with Crippen molar-refractivity contribution in [2.75, 3.05) is 20.2 Å². The molecule has 0 aromatic heterocycles. The zero-order valence-electron chi connectivity index (χ0n) is 10.9. The fraction of sp³-hybridized carbons (Fsp3) is 0.385. The van der Waals surface area contributed by atoms with Gasteiger partial charge in [0.05, 0.1) is 19.2 Å². The molecule has 102 valence electrons. The van der Waals surface area contributed by atoms with Gasteiger partial charge in [-0.15, -0.1) is 0 Å². The van der Waals surface area contributed by atoms with Gasteiger partial charge in [0.1, 0.15) is 0 Å². The van der Waals surface area contributed by atoms with Gasteiger partial charge in [0.25, 0.3) is 0 Å². The molecule has 0 saturated carbocycles. The minimum absolute atomic E-state index is 0.0793. The Morgan fingerprint density at radius 3 is 3.11 bits per heavy atom. The maximum absolute atomic E-state index is 11.4. The number of alkyl carbamates (subject to hydrolysis) is 1. The van der Waals surface area contributed by atoms with Gasteiger partial charge in [-0.2, -0.15) is 0 Å². The quantitative estimate of drug-likeness (QED) is 0.906. The molecule has 1 aromatic carbocycles. The first-order valence-corrected chi connectivity index (χ1v) is 6.46. The first kappa shape index (κ1) is 13.7. The molecule has 1 heterocycles. The molecular weight excluding hydrogens is 266 g/mol. The number of carbonyl (C=O) groups excluding carboxylic acids is 1. The van der Waals surface area contributed by atoms with E-state index in [4.69, 9.17) is 16.3 Å². The van der Waals surface area contributed by atoms with E-state index in [2.05, 4.69) is 10.3 Å². The van der Waals surface area contributed by atoms with Crippen LogP contribution in [0.1, 0.15) is 18.5 Å². The number of rotatable bonds is 2. The molecule has 19 heavy (non-hydrogen) atoms. The summed E-state index contributed by atoms with van der Waals surface area (Å²) in [6.07, 6.45) is -0.486. The highest BCUT2D eigenvalue weighted by atomic mass is 35.5. The summed E-state index contributed by atoms with van der Waals surface area (Å²) in [5.41, 5.74) is 1.07. The number of guanidine groups is 1. The number of halogens is 1. The van der Waals surface area contributed by atoms with Crippen LogP contribution in [-0.2, 0) is 4.74 Å². The number of benzene rings is 1. The lowest BCUT2D eigenvalue weighted by Crippen LogP contribution is -2.40. The SMILES string of the molecule is CCOC(=O)NC1=NCC(c2cccc(Cl)c2)N1C. The van der Waals surface area contributed by atoms with Crippen LogP contribution in [0.25, 0.3) is 0 Å². The molecular formula is C13H16ClN3O2. The molecule has 1 amide bonds. The van der Waals surface area contributed by atoms with E-state index in [1.807, 2.05) is 36.2 Å². The molecule has 6 heteroatoms. The average molecular weight is 282 g/mol. The molecule has 1 aliphatic heterocycles. The molecule has 0 aliphatic carbocycles. The van der Waals surface area contributed by atoms with E-state index in [9.17, 15) is 4.79 Å². The normalized spacial score (nSPS) is 18.2. The first-order chi connectivity index (χ1) is 9.11. The van der Waals surface area contributed by atoms with E-state index < -0.39 is 6.09 Å². The summed E-state index contributed by atoms with van der Waals surface area (Å²) in [6, 6.07) is 7.72. The Morgan fingerprint density at radius 2 is 2.42 bits per heavy atom. The van der Waals surface area contributed by atoms with Gasteiger partial charge < -0.3 is 9.64 Å². The summed E-state index contributed by atoms with van der Waals surface area (Å²) in [4.78, 5) is 17.6. The van der Waals surface area contributed by atoms with E-state index in [0.717, 1.165) is 5.56 Å². The van der Waals surface area contributed by atoms with E-state index >= 15 is 0 Å². The fourth-order valence-corrected chi connectivity index (χ4v) is 2.18. The summed E-state index contributed by atoms with van der Waals surface area (Å²) in [5, 5.41) is 3.32. The maximum atomic E-state index is 11.4. The topological polar surface area (TPSA) is 53.9 Å². The fourth-order valence-electron chi connectivity index (χ4n) is 1.98. The minimum Gasteiger partial charge on any atom is -0.450 e. The van der Waals surface area contributed by atoms with E-state index in [1.165, 1.54) is 0 Å². The number of nitrogens with one attached hydrogen (secondary N) is 1. The molecule has 0 spiro atoms. The number of hydrogen-bond donors (Lipinski definition) is 1. The summed E-state index contributed by atoms with van der Waals surface area (Å²) in [6.45, 7) is 2.67. The third kappa shape index (κ3) is 3.17. The van der Waals surface area contributed by atoms with Crippen LogP contribution in [0.3, 0.4) is 0 Å². The van der Waals surface area contributed by atoms with Gasteiger partial charge in [-0.3, -0.25) is 10.3 Å². The lowest BCUT2D eigenvalue weighted by molar-refractivity contribution is 0.156. The Morgan fingerprint density at radius 1 is 1.63 bits per heavy atom. The second kappa shape index (κ2) is 5.93. The van der Waals surface area contributed by atoms with E-state index in [0.29, 0.717) is 24.1 Å². The summed E-state index contributed by atoms with van der Waals surface area (Å²) in [7, 11) is 1.88. The second-order valence-corrected chi connectivity index (χ2v) is 4.63. The van der Waals surface area contributed by atoms with Crippen molar-refractivity contribution < 1.29 is 9.53 Å². The molecule has 2 rings (SSSR count). The monoisotopic (exact) mass is 281 g/mol. The Balaban J connectivity index is 2.04. The van der Waals surface area contributed by atoms with E-state index in [-0.39, 0.29) is 6.04 Å². The molecule has 1 atom stereocenters. The van der Waals surface area contributed by atoms with Crippen LogP contribution >= 0.6 is 11.6 Å². The van der Waals surface area contributed by atoms with Crippen LogP contribution in [0.4, 0.5) is 4.79 Å². The van der Waals surface area contributed by atoms with Crippen LogP contribution < -0.4 is 5.32 Å². The molecule has 0 fully saturated rings. The van der Waals surface area contributed by atoms with Crippen molar-refractivity contribution in [1.29, 1.82) is 0 Å². The van der Waals surface area contributed by atoms with Gasteiger partial charge in [-0.05, 0) is 24.6 Å². The van der Waals surface area contributed by atoms with Crippen molar-refractivity contribution in [3.63, 3.8) is 0 Å². The zero-order valence-corrected chi connectivity index (χ0v) is 11.6. The lowest BCUT2D eigenvalue weighted by Gasteiger charge is -2.23. The number of aliphatic imine (C=N–C) groups is 1. The van der Waals surface area contributed by atoms with Gasteiger partial charge in [0.15, 0.2) is 0 Å². The zero-order chi connectivity index (χ0) is 13.8. The summed E-state index contributed by atoms with van der Waals surface area (Å²) >= 11 is 5.99. The van der Waals surface area contributed by atoms with Crippen molar-refractivity contribution in [2.45, 2.75) is 13.0 Å². The van der Waals surface area contributed by atoms with Crippen LogP contribution in [0, 0.1) is 0 Å². The molecule has 1 aliphatic rings. The largest absolute Gasteiger partial charge is 0.450 e. The Hall–Kier alpha value is -1.75. The lowest BCUT2D eigenvalue weighted by atomic mass is 10.1. The average Bonchev–Trinajstić information content (AvgIpc) is 2.71. The number of nitrogens with zero attached hydrogens (tertiary/aromatic N) is 2. The molecule has 0 radical (unpaired) electrons. The minimum atomic E-state index is -0.486. The maximum Gasteiger partial charge on any atom is 0.413 e. The van der Waals surface area contributed by atoms with Crippen LogP contribution in [-0.4, -0.2) is 37.2 Å². The smallest absolute Gasteiger partial charge is 0.413 e. The molecule has 1 aromatic rings. The Kier molecular flexibility index (Phi) is 4.27. The molecule has 0 bridgehead atoms. The number of ether oxygens (including phenoxy) is 1. The van der Waals surface area contributed by atoms with Crippen molar-refractivity contribution in [3.05, 3.63) is 34.9 Å². The molecule has 5 nitrogen and oxygen atoms in total. The highest BCUT2D eigenvalue weighted by molar-refractivity contribution is 6.30. The van der Waals surface area contributed by atoms with Crippen molar-refractivity contribution in [2.24, 2.45) is 4.99 Å². The second-order valence-electron chi connectivity index (χ2n) is 4.19. The van der Waals surface area contributed by atoms with Gasteiger partial charge in [-0.25, -0.2) is 4.79 Å². The number of hydrogen-bond acceptors (Lipinski definition) is 4. The van der Waals surface area contributed by atoms with Crippen LogP contribution in [0.2, 0.25) is 5.02 Å².